The summed E-state index contributed by atoms with van der Waals surface area (Å²) in [6.07, 6.45) is 1.66. The number of carbonyl (C=O) groups excluding carboxylic acids is 1. The second-order valence-electron chi connectivity index (χ2n) is 8.19. The quantitative estimate of drug-likeness (QED) is 0.572. The number of halogens is 2. The monoisotopic (exact) mass is 471 g/mol. The van der Waals surface area contributed by atoms with Crippen LogP contribution in [0.3, 0.4) is 0 Å². The minimum atomic E-state index is -2.02. The Balaban J connectivity index is 1.75. The first-order valence-electron chi connectivity index (χ1n) is 10.1. The summed E-state index contributed by atoms with van der Waals surface area (Å²) in [5.41, 5.74) is -0.838. The molecule has 3 rings (SSSR count). The molecule has 0 unspecified atom stereocenters. The zero-order chi connectivity index (χ0) is 24.9. The molecule has 0 saturated heterocycles. The average molecular weight is 471 g/mol. The molecule has 1 N–H and O–H groups in total. The summed E-state index contributed by atoms with van der Waals surface area (Å²) in [5, 5.41) is 10.2. The van der Waals surface area contributed by atoms with Gasteiger partial charge in [0.15, 0.2) is 0 Å². The second kappa shape index (κ2) is 10.1. The Kier molecular flexibility index (Phi) is 7.25. The van der Waals surface area contributed by atoms with Gasteiger partial charge >= 0.3 is 11.8 Å². The molecule has 0 aliphatic rings. The second-order valence-corrected chi connectivity index (χ2v) is 8.19. The van der Waals surface area contributed by atoms with E-state index in [1.807, 2.05) is 0 Å². The van der Waals surface area contributed by atoms with E-state index in [4.69, 9.17) is 4.74 Å². The fourth-order valence-corrected chi connectivity index (χ4v) is 2.71. The van der Waals surface area contributed by atoms with E-state index in [2.05, 4.69) is 32.3 Å². The van der Waals surface area contributed by atoms with Crippen LogP contribution in [-0.4, -0.2) is 47.4 Å². The highest BCUT2D eigenvalue weighted by molar-refractivity contribution is 5.68. The highest BCUT2D eigenvalue weighted by atomic mass is 19.3. The number of rotatable bonds is 5. The van der Waals surface area contributed by atoms with Crippen molar-refractivity contribution in [3.8, 4) is 17.7 Å². The lowest BCUT2D eigenvalue weighted by Gasteiger charge is -2.19. The zero-order valence-electron chi connectivity index (χ0n) is 19.0. The van der Waals surface area contributed by atoms with Crippen molar-refractivity contribution in [3.05, 3.63) is 70.3 Å². The number of nitrogens with zero attached hydrogens (tertiary/aromatic N) is 6. The first-order chi connectivity index (χ1) is 16.0. The molecule has 0 radical (unpaired) electrons. The van der Waals surface area contributed by atoms with E-state index in [0.717, 1.165) is 9.25 Å². The van der Waals surface area contributed by atoms with Crippen molar-refractivity contribution in [2.24, 2.45) is 7.05 Å². The number of hydrogen-bond acceptors (Lipinski definition) is 6. The van der Waals surface area contributed by atoms with Gasteiger partial charge in [-0.1, -0.05) is 12.0 Å². The molecule has 178 valence electrons. The number of aromatic nitrogens is 6. The number of amides is 1. The first-order valence-corrected chi connectivity index (χ1v) is 10.1. The van der Waals surface area contributed by atoms with Gasteiger partial charge < -0.3 is 10.1 Å². The van der Waals surface area contributed by atoms with Crippen LogP contribution in [0, 0.1) is 11.8 Å². The minimum Gasteiger partial charge on any atom is -0.444 e. The van der Waals surface area contributed by atoms with Crippen molar-refractivity contribution in [1.82, 2.24) is 34.4 Å². The van der Waals surface area contributed by atoms with Crippen LogP contribution in [0.15, 0.2) is 53.4 Å². The molecule has 0 aliphatic heterocycles. The van der Waals surface area contributed by atoms with Crippen LogP contribution in [0.25, 0.3) is 5.82 Å². The number of alkyl carbamates (subject to hydrolysis) is 1. The summed E-state index contributed by atoms with van der Waals surface area (Å²) in [5.74, 6) is 6.03. The van der Waals surface area contributed by atoms with E-state index in [1.54, 1.807) is 63.1 Å². The molecule has 3 aromatic rings. The molecule has 0 aliphatic carbocycles. The molecule has 34 heavy (non-hydrogen) atoms. The summed E-state index contributed by atoms with van der Waals surface area (Å²) in [7, 11) is 1.77. The number of nitrogens with one attached hydrogen (secondary N) is 1. The average Bonchev–Trinajstić information content (AvgIpc) is 3.33. The fourth-order valence-electron chi connectivity index (χ4n) is 2.71. The maximum atomic E-state index is 13.4. The molecule has 0 fully saturated rings. The van der Waals surface area contributed by atoms with E-state index < -0.39 is 42.1 Å². The zero-order valence-corrected chi connectivity index (χ0v) is 19.0. The third kappa shape index (κ3) is 6.61. The third-order valence-corrected chi connectivity index (χ3v) is 4.21. The Bertz CT molecular complexity index is 1330. The fraction of sp³-hybridized carbons (Fsp3) is 0.318. The van der Waals surface area contributed by atoms with Gasteiger partial charge in [-0.2, -0.15) is 19.0 Å². The maximum Gasteiger partial charge on any atom is 0.407 e. The molecule has 0 atom stereocenters. The standard InChI is InChI=1S/C22H23F2N7O3/c1-22(2,3)34-20(32)25-11-16(19(23)24)13-31-21(33)30(14-27-31)18-7-5-6-17(28-18)9-8-15-10-26-29(4)12-15/h5-7,10,12,14H,11,13H2,1-4H3,(H,25,32). The van der Waals surface area contributed by atoms with Gasteiger partial charge in [0.05, 0.1) is 18.3 Å². The molecule has 0 saturated carbocycles. The molecule has 0 spiro atoms. The van der Waals surface area contributed by atoms with Crippen molar-refractivity contribution >= 4 is 6.09 Å². The van der Waals surface area contributed by atoms with Crippen molar-refractivity contribution in [2.45, 2.75) is 32.9 Å². The maximum absolute atomic E-state index is 13.4. The Labute approximate surface area is 193 Å². The van der Waals surface area contributed by atoms with Crippen LogP contribution < -0.4 is 11.0 Å². The lowest BCUT2D eigenvalue weighted by molar-refractivity contribution is 0.0531. The lowest BCUT2D eigenvalue weighted by Crippen LogP contribution is -2.35. The van der Waals surface area contributed by atoms with Crippen LogP contribution in [0.1, 0.15) is 32.0 Å². The summed E-state index contributed by atoms with van der Waals surface area (Å²) < 4.78 is 35.5. The topological polar surface area (TPSA) is 109 Å². The van der Waals surface area contributed by atoms with Crippen molar-refractivity contribution < 1.29 is 18.3 Å². The number of carbonyl (C=O) groups is 1. The molecule has 12 heteroatoms. The number of ether oxygens (including phenoxy) is 1. The molecular formula is C22H23F2N7O3. The van der Waals surface area contributed by atoms with E-state index in [-0.39, 0.29) is 5.82 Å². The molecule has 3 aromatic heterocycles. The molecular weight excluding hydrogens is 448 g/mol. The lowest BCUT2D eigenvalue weighted by atomic mass is 10.2. The van der Waals surface area contributed by atoms with Gasteiger partial charge in [-0.3, -0.25) is 4.68 Å². The summed E-state index contributed by atoms with van der Waals surface area (Å²) >= 11 is 0. The van der Waals surface area contributed by atoms with Crippen molar-refractivity contribution in [3.63, 3.8) is 0 Å². The van der Waals surface area contributed by atoms with E-state index in [0.29, 0.717) is 11.3 Å². The SMILES string of the molecule is Cn1cc(C#Cc2cccc(-n3cnn(CC(CNC(=O)OC(C)(C)C)=C(F)F)c3=O)n2)cn1. The highest BCUT2D eigenvalue weighted by Gasteiger charge is 2.18. The molecule has 1 amide bonds. The van der Waals surface area contributed by atoms with Crippen molar-refractivity contribution in [2.75, 3.05) is 6.54 Å². The predicted molar refractivity (Wildman–Crippen MR) is 118 cm³/mol. The van der Waals surface area contributed by atoms with Crippen LogP contribution in [-0.2, 0) is 18.3 Å². The molecule has 0 bridgehead atoms. The molecule has 0 aromatic carbocycles. The Morgan fingerprint density at radius 1 is 1.21 bits per heavy atom. The molecule has 10 nitrogen and oxygen atoms in total. The minimum absolute atomic E-state index is 0.229. The summed E-state index contributed by atoms with van der Waals surface area (Å²) in [6, 6.07) is 4.90. The van der Waals surface area contributed by atoms with E-state index in [9.17, 15) is 18.4 Å². The van der Waals surface area contributed by atoms with Gasteiger partial charge in [0.2, 0.25) is 0 Å². The normalized spacial score (nSPS) is 10.9. The smallest absolute Gasteiger partial charge is 0.407 e. The van der Waals surface area contributed by atoms with Gasteiger partial charge in [0, 0.05) is 25.4 Å². The summed E-state index contributed by atoms with van der Waals surface area (Å²) in [4.78, 5) is 28.8. The Morgan fingerprint density at radius 2 is 1.97 bits per heavy atom. The van der Waals surface area contributed by atoms with Gasteiger partial charge in [0.25, 0.3) is 6.08 Å². The van der Waals surface area contributed by atoms with E-state index >= 15 is 0 Å². The summed E-state index contributed by atoms with van der Waals surface area (Å²) in [6.45, 7) is 3.93. The molecule has 3 heterocycles. The largest absolute Gasteiger partial charge is 0.444 e. The highest BCUT2D eigenvalue weighted by Crippen LogP contribution is 2.11. The van der Waals surface area contributed by atoms with Gasteiger partial charge in [-0.05, 0) is 38.8 Å². The van der Waals surface area contributed by atoms with Gasteiger partial charge in [-0.25, -0.2) is 23.8 Å². The van der Waals surface area contributed by atoms with Crippen LogP contribution >= 0.6 is 0 Å². The van der Waals surface area contributed by atoms with E-state index in [1.165, 1.54) is 6.33 Å². The van der Waals surface area contributed by atoms with Gasteiger partial charge in [0.1, 0.15) is 23.4 Å². The first kappa shape index (κ1) is 24.4. The third-order valence-electron chi connectivity index (χ3n) is 4.21. The number of hydrogen-bond donors (Lipinski definition) is 1. The van der Waals surface area contributed by atoms with Gasteiger partial charge in [-0.15, -0.1) is 0 Å². The Morgan fingerprint density at radius 3 is 2.62 bits per heavy atom. The van der Waals surface area contributed by atoms with Crippen molar-refractivity contribution in [1.29, 1.82) is 0 Å². The van der Waals surface area contributed by atoms with Crippen LogP contribution in [0.4, 0.5) is 13.6 Å². The van der Waals surface area contributed by atoms with Crippen LogP contribution in [0.2, 0.25) is 0 Å². The number of aryl methyl sites for hydroxylation is 1. The Hall–Kier alpha value is -4.27. The van der Waals surface area contributed by atoms with Crippen LogP contribution in [0.5, 0.6) is 0 Å². The number of pyridine rings is 1. The predicted octanol–water partition coefficient (Wildman–Crippen LogP) is 2.24.